The van der Waals surface area contributed by atoms with Gasteiger partial charge in [0.1, 0.15) is 5.82 Å². The van der Waals surface area contributed by atoms with E-state index in [1.807, 2.05) is 0 Å². The van der Waals surface area contributed by atoms with E-state index in [2.05, 4.69) is 4.98 Å². The van der Waals surface area contributed by atoms with E-state index in [0.29, 0.717) is 5.65 Å². The Kier molecular flexibility index (Phi) is 2.08. The van der Waals surface area contributed by atoms with Gasteiger partial charge >= 0.3 is 0 Å². The van der Waals surface area contributed by atoms with Gasteiger partial charge in [0.2, 0.25) is 0 Å². The summed E-state index contributed by atoms with van der Waals surface area (Å²) in [5.41, 5.74) is 1.94. The Hall–Kier alpha value is -2.36. The predicted octanol–water partition coefficient (Wildman–Crippen LogP) is 2.85. The molecule has 17 heavy (non-hydrogen) atoms. The third-order valence-corrected chi connectivity index (χ3v) is 2.64. The molecule has 0 aliphatic heterocycles. The van der Waals surface area contributed by atoms with Gasteiger partial charge in [-0.2, -0.15) is 0 Å². The summed E-state index contributed by atoms with van der Waals surface area (Å²) in [5, 5.41) is 9.63. The second kappa shape index (κ2) is 3.59. The molecule has 0 bridgehead atoms. The largest absolute Gasteiger partial charge is 0.504 e. The second-order valence-corrected chi connectivity index (χ2v) is 3.74. The van der Waals surface area contributed by atoms with Gasteiger partial charge in [-0.1, -0.05) is 12.1 Å². The normalized spacial score (nSPS) is 10.9. The lowest BCUT2D eigenvalue weighted by Gasteiger charge is -2.02. The maximum atomic E-state index is 13.2. The minimum absolute atomic E-state index is 0.107. The fourth-order valence-corrected chi connectivity index (χ4v) is 1.86. The van der Waals surface area contributed by atoms with Crippen molar-refractivity contribution in [1.82, 2.24) is 9.38 Å². The minimum atomic E-state index is -0.294. The van der Waals surface area contributed by atoms with E-state index in [1.54, 1.807) is 41.1 Å². The fraction of sp³-hybridized carbons (Fsp3) is 0. The fourth-order valence-electron chi connectivity index (χ4n) is 1.86. The van der Waals surface area contributed by atoms with Gasteiger partial charge in [0.25, 0.3) is 0 Å². The number of halogens is 1. The van der Waals surface area contributed by atoms with Gasteiger partial charge in [0.15, 0.2) is 11.4 Å². The van der Waals surface area contributed by atoms with Crippen molar-refractivity contribution in [3.63, 3.8) is 0 Å². The van der Waals surface area contributed by atoms with Gasteiger partial charge in [-0.05, 0) is 24.3 Å². The predicted molar refractivity (Wildman–Crippen MR) is 62.3 cm³/mol. The Morgan fingerprint density at radius 3 is 2.88 bits per heavy atom. The maximum absolute atomic E-state index is 13.2. The van der Waals surface area contributed by atoms with Crippen molar-refractivity contribution in [2.75, 3.05) is 0 Å². The summed E-state index contributed by atoms with van der Waals surface area (Å²) >= 11 is 0. The van der Waals surface area contributed by atoms with Crippen LogP contribution in [0.25, 0.3) is 16.9 Å². The number of benzene rings is 1. The zero-order chi connectivity index (χ0) is 11.8. The Morgan fingerprint density at radius 1 is 1.18 bits per heavy atom. The van der Waals surface area contributed by atoms with Crippen molar-refractivity contribution in [3.8, 4) is 17.0 Å². The van der Waals surface area contributed by atoms with Gasteiger partial charge in [-0.3, -0.25) is 4.40 Å². The number of hydrogen-bond acceptors (Lipinski definition) is 2. The zero-order valence-electron chi connectivity index (χ0n) is 8.84. The van der Waals surface area contributed by atoms with E-state index >= 15 is 0 Å². The minimum Gasteiger partial charge on any atom is -0.504 e. The van der Waals surface area contributed by atoms with Crippen molar-refractivity contribution in [2.45, 2.75) is 0 Å². The molecule has 0 atom stereocenters. The lowest BCUT2D eigenvalue weighted by atomic mass is 10.1. The first-order valence-corrected chi connectivity index (χ1v) is 5.17. The highest BCUT2D eigenvalue weighted by Crippen LogP contribution is 2.25. The van der Waals surface area contributed by atoms with Crippen LogP contribution in [-0.2, 0) is 0 Å². The molecule has 0 amide bonds. The topological polar surface area (TPSA) is 37.5 Å². The highest BCUT2D eigenvalue weighted by Gasteiger charge is 2.08. The number of nitrogens with zero attached hydrogens (tertiary/aromatic N) is 2. The van der Waals surface area contributed by atoms with Crippen molar-refractivity contribution in [1.29, 1.82) is 0 Å². The van der Waals surface area contributed by atoms with Gasteiger partial charge in [-0.15, -0.1) is 0 Å². The molecule has 2 aromatic heterocycles. The lowest BCUT2D eigenvalue weighted by Crippen LogP contribution is -1.88. The number of fused-ring (bicyclic) bond motifs is 1. The van der Waals surface area contributed by atoms with E-state index in [0.717, 1.165) is 11.3 Å². The standard InChI is InChI=1S/C13H9FN2O/c14-10-4-1-3-9(7-10)11-8-15-13-12(17)5-2-6-16(11)13/h1-8,17H. The van der Waals surface area contributed by atoms with Gasteiger partial charge in [0, 0.05) is 11.8 Å². The van der Waals surface area contributed by atoms with Gasteiger partial charge in [-0.25, -0.2) is 9.37 Å². The Bertz CT molecular complexity index is 691. The molecule has 4 heteroatoms. The maximum Gasteiger partial charge on any atom is 0.179 e. The molecule has 2 heterocycles. The summed E-state index contributed by atoms with van der Waals surface area (Å²) < 4.78 is 14.9. The molecule has 0 spiro atoms. The number of imidazole rings is 1. The monoisotopic (exact) mass is 228 g/mol. The second-order valence-electron chi connectivity index (χ2n) is 3.74. The molecule has 0 aliphatic carbocycles. The molecule has 0 unspecified atom stereocenters. The first-order valence-electron chi connectivity index (χ1n) is 5.17. The summed E-state index contributed by atoms with van der Waals surface area (Å²) in [6.45, 7) is 0. The van der Waals surface area contributed by atoms with Gasteiger partial charge in [0.05, 0.1) is 11.9 Å². The Balaban J connectivity index is 2.28. The molecular weight excluding hydrogens is 219 g/mol. The summed E-state index contributed by atoms with van der Waals surface area (Å²) in [5.74, 6) is -0.187. The van der Waals surface area contributed by atoms with Crippen LogP contribution in [0, 0.1) is 5.82 Å². The first-order chi connectivity index (χ1) is 8.25. The van der Waals surface area contributed by atoms with E-state index in [9.17, 15) is 9.50 Å². The van der Waals surface area contributed by atoms with E-state index in [-0.39, 0.29) is 11.6 Å². The van der Waals surface area contributed by atoms with E-state index in [1.165, 1.54) is 12.1 Å². The van der Waals surface area contributed by atoms with Crippen LogP contribution in [0.1, 0.15) is 0 Å². The molecule has 0 fully saturated rings. The number of aromatic nitrogens is 2. The van der Waals surface area contributed by atoms with Crippen molar-refractivity contribution in [2.24, 2.45) is 0 Å². The molecule has 84 valence electrons. The summed E-state index contributed by atoms with van der Waals surface area (Å²) in [4.78, 5) is 4.11. The Morgan fingerprint density at radius 2 is 2.06 bits per heavy atom. The lowest BCUT2D eigenvalue weighted by molar-refractivity contribution is 0.477. The number of hydrogen-bond donors (Lipinski definition) is 1. The summed E-state index contributed by atoms with van der Waals surface area (Å²) in [7, 11) is 0. The van der Waals surface area contributed by atoms with Crippen LogP contribution < -0.4 is 0 Å². The molecular formula is C13H9FN2O. The molecule has 0 radical (unpaired) electrons. The van der Waals surface area contributed by atoms with Crippen LogP contribution in [0.5, 0.6) is 5.75 Å². The average molecular weight is 228 g/mol. The molecule has 3 nitrogen and oxygen atoms in total. The molecule has 0 saturated heterocycles. The average Bonchev–Trinajstić information content (AvgIpc) is 2.74. The molecule has 3 rings (SSSR count). The SMILES string of the molecule is Oc1cccn2c(-c3cccc(F)c3)cnc12. The molecule has 0 saturated carbocycles. The van der Waals surface area contributed by atoms with Crippen molar-refractivity contribution < 1.29 is 9.50 Å². The van der Waals surface area contributed by atoms with Crippen LogP contribution in [-0.4, -0.2) is 14.5 Å². The Labute approximate surface area is 96.8 Å². The van der Waals surface area contributed by atoms with Crippen LogP contribution in [0.15, 0.2) is 48.8 Å². The van der Waals surface area contributed by atoms with Crippen LogP contribution in [0.2, 0.25) is 0 Å². The number of rotatable bonds is 1. The number of aromatic hydroxyl groups is 1. The van der Waals surface area contributed by atoms with Gasteiger partial charge < -0.3 is 5.11 Å². The van der Waals surface area contributed by atoms with Crippen LogP contribution >= 0.6 is 0 Å². The highest BCUT2D eigenvalue weighted by molar-refractivity contribution is 5.66. The highest BCUT2D eigenvalue weighted by atomic mass is 19.1. The summed E-state index contributed by atoms with van der Waals surface area (Å²) in [6, 6.07) is 9.56. The molecule has 3 aromatic rings. The molecule has 1 N–H and O–H groups in total. The van der Waals surface area contributed by atoms with E-state index in [4.69, 9.17) is 0 Å². The third-order valence-electron chi connectivity index (χ3n) is 2.64. The zero-order valence-corrected chi connectivity index (χ0v) is 8.84. The molecule has 1 aromatic carbocycles. The quantitative estimate of drug-likeness (QED) is 0.695. The summed E-state index contributed by atoms with van der Waals surface area (Å²) in [6.07, 6.45) is 3.39. The van der Waals surface area contributed by atoms with Crippen LogP contribution in [0.3, 0.4) is 0 Å². The first kappa shape index (κ1) is 9.84. The van der Waals surface area contributed by atoms with E-state index < -0.39 is 0 Å². The van der Waals surface area contributed by atoms with Crippen LogP contribution in [0.4, 0.5) is 4.39 Å². The van der Waals surface area contributed by atoms with Crippen molar-refractivity contribution in [3.05, 3.63) is 54.6 Å². The molecule has 0 aliphatic rings. The smallest absolute Gasteiger partial charge is 0.179 e. The third kappa shape index (κ3) is 1.54. The van der Waals surface area contributed by atoms with Crippen molar-refractivity contribution >= 4 is 5.65 Å². The number of pyridine rings is 1.